The van der Waals surface area contributed by atoms with Crippen LogP contribution in [0.1, 0.15) is 47.5 Å². The summed E-state index contributed by atoms with van der Waals surface area (Å²) in [6, 6.07) is 7.35. The van der Waals surface area contributed by atoms with Gasteiger partial charge in [-0.3, -0.25) is 9.59 Å². The average molecular weight is 343 g/mol. The number of carbonyl (C=O) groups excluding carboxylic acids is 1. The lowest BCUT2D eigenvalue weighted by Gasteiger charge is -2.32. The van der Waals surface area contributed by atoms with E-state index in [1.165, 1.54) is 4.68 Å². The van der Waals surface area contributed by atoms with E-state index in [1.807, 2.05) is 18.2 Å². The number of nitrogens with zero attached hydrogens (tertiary/aromatic N) is 2. The number of hydrogen-bond acceptors (Lipinski definition) is 3. The molecule has 0 fully saturated rings. The van der Waals surface area contributed by atoms with Crippen molar-refractivity contribution in [3.8, 4) is 0 Å². The van der Waals surface area contributed by atoms with Crippen LogP contribution in [0, 0.1) is 11.3 Å². The van der Waals surface area contributed by atoms with E-state index in [0.29, 0.717) is 11.3 Å². The van der Waals surface area contributed by atoms with E-state index in [-0.39, 0.29) is 29.5 Å². The molecule has 5 heteroatoms. The molecule has 0 aliphatic rings. The Hall–Kier alpha value is -2.17. The first-order valence-corrected chi connectivity index (χ1v) is 8.92. The third-order valence-electron chi connectivity index (χ3n) is 4.47. The summed E-state index contributed by atoms with van der Waals surface area (Å²) in [7, 11) is 0. The van der Waals surface area contributed by atoms with Crippen LogP contribution in [0.3, 0.4) is 0 Å². The molecule has 0 bridgehead atoms. The Bertz CT molecular complexity index is 787. The number of amides is 1. The minimum absolute atomic E-state index is 0.0354. The summed E-state index contributed by atoms with van der Waals surface area (Å²) >= 11 is 0. The van der Waals surface area contributed by atoms with E-state index >= 15 is 0 Å². The Morgan fingerprint density at radius 1 is 1.20 bits per heavy atom. The number of hydrogen-bond donors (Lipinski definition) is 1. The van der Waals surface area contributed by atoms with E-state index in [1.54, 1.807) is 12.3 Å². The summed E-state index contributed by atoms with van der Waals surface area (Å²) < 4.78 is 1.24. The molecular formula is C20H29N3O2. The first kappa shape index (κ1) is 19.2. The molecule has 1 amide bonds. The number of nitrogens with one attached hydrogen (secondary N) is 1. The molecule has 1 aromatic carbocycles. The van der Waals surface area contributed by atoms with Gasteiger partial charge in [0.15, 0.2) is 0 Å². The number of aromatic nitrogens is 2. The maximum absolute atomic E-state index is 12.5. The number of benzene rings is 1. The Labute approximate surface area is 149 Å². The second kappa shape index (κ2) is 7.81. The van der Waals surface area contributed by atoms with Crippen molar-refractivity contribution in [1.29, 1.82) is 0 Å². The Kier molecular flexibility index (Phi) is 5.98. The molecule has 0 spiro atoms. The van der Waals surface area contributed by atoms with Crippen molar-refractivity contribution >= 4 is 16.7 Å². The molecule has 0 saturated heterocycles. The van der Waals surface area contributed by atoms with Crippen molar-refractivity contribution in [3.63, 3.8) is 0 Å². The van der Waals surface area contributed by atoms with Gasteiger partial charge in [0.05, 0.1) is 11.6 Å². The van der Waals surface area contributed by atoms with Crippen molar-refractivity contribution in [1.82, 2.24) is 15.1 Å². The van der Waals surface area contributed by atoms with Crippen molar-refractivity contribution in [2.45, 2.75) is 60.0 Å². The quantitative estimate of drug-likeness (QED) is 0.875. The molecule has 2 aromatic rings. The fourth-order valence-corrected chi connectivity index (χ4v) is 2.84. The van der Waals surface area contributed by atoms with Crippen molar-refractivity contribution in [2.75, 3.05) is 0 Å². The molecule has 1 heterocycles. The lowest BCUT2D eigenvalue weighted by Crippen LogP contribution is -2.46. The molecular weight excluding hydrogens is 314 g/mol. The highest BCUT2D eigenvalue weighted by Gasteiger charge is 2.26. The van der Waals surface area contributed by atoms with E-state index in [4.69, 9.17) is 0 Å². The third kappa shape index (κ3) is 5.15. The molecule has 2 rings (SSSR count). The number of fused-ring (bicyclic) bond motifs is 1. The van der Waals surface area contributed by atoms with Crippen molar-refractivity contribution in [3.05, 3.63) is 40.8 Å². The summed E-state index contributed by atoms with van der Waals surface area (Å²) in [6.45, 7) is 10.7. The second-order valence-electron chi connectivity index (χ2n) is 8.15. The lowest BCUT2D eigenvalue weighted by atomic mass is 9.83. The highest BCUT2D eigenvalue weighted by atomic mass is 16.2. The highest BCUT2D eigenvalue weighted by molar-refractivity contribution is 5.81. The predicted molar refractivity (Wildman–Crippen MR) is 101 cm³/mol. The normalized spacial score (nSPS) is 13.2. The van der Waals surface area contributed by atoms with Gasteiger partial charge in [-0.05, 0) is 30.2 Å². The summed E-state index contributed by atoms with van der Waals surface area (Å²) in [5.74, 6) is 0.417. The van der Waals surface area contributed by atoms with E-state index in [9.17, 15) is 9.59 Å². The fraction of sp³-hybridized carbons (Fsp3) is 0.550. The molecule has 1 N–H and O–H groups in total. The van der Waals surface area contributed by atoms with Crippen LogP contribution in [0.2, 0.25) is 0 Å². The Morgan fingerprint density at radius 3 is 2.52 bits per heavy atom. The maximum Gasteiger partial charge on any atom is 0.275 e. The lowest BCUT2D eigenvalue weighted by molar-refractivity contribution is -0.123. The first-order valence-electron chi connectivity index (χ1n) is 8.92. The summed E-state index contributed by atoms with van der Waals surface area (Å²) in [5, 5.41) is 8.60. The van der Waals surface area contributed by atoms with E-state index in [0.717, 1.165) is 18.2 Å². The van der Waals surface area contributed by atoms with Crippen LogP contribution in [-0.2, 0) is 11.3 Å². The van der Waals surface area contributed by atoms with Crippen molar-refractivity contribution < 1.29 is 4.79 Å². The van der Waals surface area contributed by atoms with Crippen LogP contribution in [0.5, 0.6) is 0 Å². The van der Waals surface area contributed by atoms with E-state index in [2.05, 4.69) is 45.0 Å². The topological polar surface area (TPSA) is 64.0 Å². The zero-order valence-corrected chi connectivity index (χ0v) is 15.9. The van der Waals surface area contributed by atoms with Gasteiger partial charge < -0.3 is 5.32 Å². The van der Waals surface area contributed by atoms with Crippen molar-refractivity contribution in [2.24, 2.45) is 11.3 Å². The Morgan fingerprint density at radius 2 is 1.88 bits per heavy atom. The van der Waals surface area contributed by atoms with Crippen LogP contribution in [-0.4, -0.2) is 21.7 Å². The molecule has 0 aliphatic heterocycles. The molecule has 136 valence electrons. The van der Waals surface area contributed by atoms with Gasteiger partial charge in [0.1, 0.15) is 6.54 Å². The third-order valence-corrected chi connectivity index (χ3v) is 4.47. The summed E-state index contributed by atoms with van der Waals surface area (Å²) in [4.78, 5) is 25.0. The van der Waals surface area contributed by atoms with Crippen LogP contribution in [0.4, 0.5) is 0 Å². The van der Waals surface area contributed by atoms with Gasteiger partial charge in [-0.2, -0.15) is 5.10 Å². The van der Waals surface area contributed by atoms with Crippen LogP contribution in [0.25, 0.3) is 10.8 Å². The molecule has 1 atom stereocenters. The molecule has 0 saturated carbocycles. The minimum Gasteiger partial charge on any atom is -0.351 e. The molecule has 0 aliphatic carbocycles. The summed E-state index contributed by atoms with van der Waals surface area (Å²) in [5.41, 5.74) is -0.269. The second-order valence-corrected chi connectivity index (χ2v) is 8.15. The van der Waals surface area contributed by atoms with Crippen LogP contribution in [0.15, 0.2) is 35.3 Å². The smallest absolute Gasteiger partial charge is 0.275 e. The largest absolute Gasteiger partial charge is 0.351 e. The molecule has 5 nitrogen and oxygen atoms in total. The predicted octanol–water partition coefficient (Wildman–Crippen LogP) is 3.36. The Balaban J connectivity index is 2.13. The molecule has 25 heavy (non-hydrogen) atoms. The van der Waals surface area contributed by atoms with E-state index < -0.39 is 0 Å². The van der Waals surface area contributed by atoms with Gasteiger partial charge in [0.25, 0.3) is 5.56 Å². The van der Waals surface area contributed by atoms with Gasteiger partial charge in [-0.1, -0.05) is 52.8 Å². The van der Waals surface area contributed by atoms with Gasteiger partial charge in [-0.25, -0.2) is 4.68 Å². The zero-order valence-electron chi connectivity index (χ0n) is 15.9. The highest BCUT2D eigenvalue weighted by Crippen LogP contribution is 2.24. The number of carbonyl (C=O) groups is 1. The molecule has 1 aromatic heterocycles. The van der Waals surface area contributed by atoms with Gasteiger partial charge in [0, 0.05) is 11.4 Å². The van der Waals surface area contributed by atoms with Gasteiger partial charge >= 0.3 is 0 Å². The molecule has 0 unspecified atom stereocenters. The summed E-state index contributed by atoms with van der Waals surface area (Å²) in [6.07, 6.45) is 3.60. The monoisotopic (exact) mass is 343 g/mol. The minimum atomic E-state index is -0.234. The standard InChI is InChI=1S/C20H29N3O2/c1-14(2)10-11-17(20(3,4)5)22-18(24)13-23-19(25)16-9-7-6-8-15(16)12-21-23/h6-9,12,14,17H,10-11,13H2,1-5H3,(H,22,24)/t17-/m0/s1. The SMILES string of the molecule is CC(C)CC[C@H](NC(=O)Cn1ncc2ccccc2c1=O)C(C)(C)C. The molecule has 0 radical (unpaired) electrons. The first-order chi connectivity index (χ1) is 11.7. The maximum atomic E-state index is 12.5. The van der Waals surface area contributed by atoms with Gasteiger partial charge in [0.2, 0.25) is 5.91 Å². The van der Waals surface area contributed by atoms with Crippen LogP contribution >= 0.6 is 0 Å². The van der Waals surface area contributed by atoms with Crippen LogP contribution < -0.4 is 10.9 Å². The number of rotatable bonds is 6. The zero-order chi connectivity index (χ0) is 18.6. The average Bonchev–Trinajstić information content (AvgIpc) is 2.53. The van der Waals surface area contributed by atoms with Gasteiger partial charge in [-0.15, -0.1) is 0 Å². The fourth-order valence-electron chi connectivity index (χ4n) is 2.84.